The molecule has 0 aromatic heterocycles. The number of hydrogen-bond acceptors (Lipinski definition) is 4. The summed E-state index contributed by atoms with van der Waals surface area (Å²) in [5.41, 5.74) is 0. The Morgan fingerprint density at radius 2 is 1.00 bits per heavy atom. The van der Waals surface area contributed by atoms with Gasteiger partial charge in [0.1, 0.15) is 0 Å². The summed E-state index contributed by atoms with van der Waals surface area (Å²) < 4.78 is 34.3. The molecule has 0 amide bonds. The van der Waals surface area contributed by atoms with E-state index in [0.717, 1.165) is 0 Å². The van der Waals surface area contributed by atoms with E-state index in [-0.39, 0.29) is 44.8 Å². The van der Waals surface area contributed by atoms with Crippen LogP contribution >= 0.6 is 0 Å². The summed E-state index contributed by atoms with van der Waals surface area (Å²) in [6, 6.07) is 0. The normalized spacial score (nSPS) is 8.29. The minimum absolute atomic E-state index is 0. The molecular weight excluding hydrogens is 335 g/mol. The van der Waals surface area contributed by atoms with Crippen LogP contribution in [0.15, 0.2) is 0 Å². The van der Waals surface area contributed by atoms with Crippen molar-refractivity contribution in [2.24, 2.45) is 0 Å². The molecule has 0 aromatic carbocycles. The van der Waals surface area contributed by atoms with Gasteiger partial charge in [-0.15, -0.1) is 0 Å². The fourth-order valence-corrected chi connectivity index (χ4v) is 0. The summed E-state index contributed by atoms with van der Waals surface area (Å²) in [5.74, 6) is 0. The summed E-state index contributed by atoms with van der Waals surface area (Å²) >= 11 is -5.62. The molecule has 0 rings (SSSR count). The third kappa shape index (κ3) is 99.2. The third-order valence-corrected chi connectivity index (χ3v) is 0. The zero-order valence-electron chi connectivity index (χ0n) is 2.61. The van der Waals surface area contributed by atoms with Crippen molar-refractivity contribution in [3.8, 4) is 0 Å². The maximum atomic E-state index is 8.58. The van der Waals surface area contributed by atoms with Crippen molar-refractivity contribution < 1.29 is 74.2 Å². The third-order valence-electron chi connectivity index (χ3n) is 0. The van der Waals surface area contributed by atoms with Gasteiger partial charge >= 0.3 is 74.2 Å². The second-order valence-corrected chi connectivity index (χ2v) is 1.56. The van der Waals surface area contributed by atoms with Crippen LogP contribution in [0.25, 0.3) is 0 Å². The molecule has 0 aliphatic heterocycles. The SMILES string of the molecule is [Ag+].[Ag+].[O]=[Mn](=[O])([O-])[O-]. The molecule has 4 nitrogen and oxygen atoms in total. The zero-order valence-corrected chi connectivity index (χ0v) is 6.76. The van der Waals surface area contributed by atoms with Crippen molar-refractivity contribution >= 4 is 0 Å². The van der Waals surface area contributed by atoms with Crippen molar-refractivity contribution in [1.29, 1.82) is 0 Å². The van der Waals surface area contributed by atoms with E-state index in [0.29, 0.717) is 0 Å². The monoisotopic (exact) mass is 333 g/mol. The molecule has 0 saturated heterocycles. The van der Waals surface area contributed by atoms with Gasteiger partial charge in [-0.2, -0.15) is 0 Å². The Morgan fingerprint density at radius 1 is 1.00 bits per heavy atom. The molecule has 7 heavy (non-hydrogen) atoms. The van der Waals surface area contributed by atoms with Crippen LogP contribution < -0.4 is 8.38 Å². The molecule has 0 aliphatic rings. The van der Waals surface area contributed by atoms with Crippen LogP contribution in [-0.4, -0.2) is 0 Å². The molecule has 0 fully saturated rings. The van der Waals surface area contributed by atoms with Gasteiger partial charge in [-0.1, -0.05) is 0 Å². The Labute approximate surface area is 73.6 Å². The van der Waals surface area contributed by atoms with E-state index >= 15 is 0 Å². The molecule has 0 heterocycles. The van der Waals surface area contributed by atoms with Crippen LogP contribution in [0.5, 0.6) is 0 Å². The maximum absolute atomic E-state index is 8.58. The molecule has 0 unspecified atom stereocenters. The molecular formula is Ag2MnO4. The molecule has 0 atom stereocenters. The Hall–Kier alpha value is 1.52. The molecule has 0 saturated carbocycles. The summed E-state index contributed by atoms with van der Waals surface area (Å²) in [4.78, 5) is 0. The number of rotatable bonds is 0. The van der Waals surface area contributed by atoms with E-state index in [2.05, 4.69) is 0 Å². The molecule has 0 aromatic rings. The molecule has 0 radical (unpaired) electrons. The average molecular weight is 335 g/mol. The Morgan fingerprint density at radius 3 is 1.00 bits per heavy atom. The number of hydrogen-bond donors (Lipinski definition) is 0. The summed E-state index contributed by atoms with van der Waals surface area (Å²) in [5, 5.41) is 0. The van der Waals surface area contributed by atoms with E-state index in [9.17, 15) is 0 Å². The first-order valence-electron chi connectivity index (χ1n) is 0.617. The van der Waals surface area contributed by atoms with E-state index in [4.69, 9.17) is 16.0 Å². The van der Waals surface area contributed by atoms with E-state index < -0.39 is 13.4 Å². The van der Waals surface area contributed by atoms with Crippen LogP contribution in [0.3, 0.4) is 0 Å². The van der Waals surface area contributed by atoms with Crippen molar-refractivity contribution in [1.82, 2.24) is 0 Å². The zero-order chi connectivity index (χ0) is 4.50. The van der Waals surface area contributed by atoms with Crippen molar-refractivity contribution in [3.05, 3.63) is 0 Å². The van der Waals surface area contributed by atoms with Crippen molar-refractivity contribution in [3.63, 3.8) is 0 Å². The molecule has 0 aliphatic carbocycles. The predicted octanol–water partition coefficient (Wildman–Crippen LogP) is -2.62. The standard InChI is InChI=1S/2Ag.Mn.4O/q2*+1;;;;2*-1. The van der Waals surface area contributed by atoms with Crippen LogP contribution in [0.2, 0.25) is 0 Å². The van der Waals surface area contributed by atoms with Crippen molar-refractivity contribution in [2.75, 3.05) is 0 Å². The van der Waals surface area contributed by atoms with Gasteiger partial charge in [0.2, 0.25) is 0 Å². The van der Waals surface area contributed by atoms with Crippen LogP contribution in [0.1, 0.15) is 0 Å². The van der Waals surface area contributed by atoms with Gasteiger partial charge in [-0.05, 0) is 0 Å². The van der Waals surface area contributed by atoms with Gasteiger partial charge < -0.3 is 0 Å². The molecule has 0 spiro atoms. The fraction of sp³-hybridized carbons (Fsp3) is 0. The first-order valence-corrected chi connectivity index (χ1v) is 2.54. The molecule has 53 valence electrons. The van der Waals surface area contributed by atoms with E-state index in [1.165, 1.54) is 0 Å². The molecule has 0 N–H and O–H groups in total. The first-order chi connectivity index (χ1) is 2.00. The fourth-order valence-electron chi connectivity index (χ4n) is 0. The molecule has 0 bridgehead atoms. The van der Waals surface area contributed by atoms with E-state index in [1.54, 1.807) is 0 Å². The Bertz CT molecular complexity index is 92.9. The topological polar surface area (TPSA) is 80.3 Å². The van der Waals surface area contributed by atoms with E-state index in [1.807, 2.05) is 0 Å². The molecule has 7 heteroatoms. The summed E-state index contributed by atoms with van der Waals surface area (Å²) in [7, 11) is 0. The summed E-state index contributed by atoms with van der Waals surface area (Å²) in [6.07, 6.45) is 0. The van der Waals surface area contributed by atoms with Gasteiger partial charge in [0.25, 0.3) is 0 Å². The second kappa shape index (κ2) is 5.65. The van der Waals surface area contributed by atoms with Gasteiger partial charge in [0.05, 0.1) is 0 Å². The van der Waals surface area contributed by atoms with Crippen LogP contribution in [0, 0.1) is 0 Å². The summed E-state index contributed by atoms with van der Waals surface area (Å²) in [6.45, 7) is 0. The first kappa shape index (κ1) is 15.8. The van der Waals surface area contributed by atoms with Gasteiger partial charge in [0.15, 0.2) is 0 Å². The quantitative estimate of drug-likeness (QED) is 0.454. The van der Waals surface area contributed by atoms with Crippen LogP contribution in [0.4, 0.5) is 0 Å². The second-order valence-electron chi connectivity index (χ2n) is 0.378. The van der Waals surface area contributed by atoms with Crippen LogP contribution in [-0.2, 0) is 65.8 Å². The van der Waals surface area contributed by atoms with Gasteiger partial charge in [0, 0.05) is 0 Å². The van der Waals surface area contributed by atoms with Gasteiger partial charge in [-0.25, -0.2) is 0 Å². The Balaban J connectivity index is -0.0000000800. The predicted molar refractivity (Wildman–Crippen MR) is 1.37 cm³/mol. The average Bonchev–Trinajstić information content (AvgIpc) is 0.722. The van der Waals surface area contributed by atoms with Crippen molar-refractivity contribution in [2.45, 2.75) is 0 Å². The Kier molecular flexibility index (Phi) is 12.8. The van der Waals surface area contributed by atoms with Gasteiger partial charge in [-0.3, -0.25) is 0 Å². The minimum atomic E-state index is -5.62.